The molecular weight excluding hydrogens is 260 g/mol. The van der Waals surface area contributed by atoms with Gasteiger partial charge in [0.15, 0.2) is 0 Å². The van der Waals surface area contributed by atoms with E-state index >= 15 is 0 Å². The number of thiophene rings is 1. The maximum Gasteiger partial charge on any atom is 0.145 e. The first-order valence-corrected chi connectivity index (χ1v) is 5.20. The summed E-state index contributed by atoms with van der Waals surface area (Å²) in [4.78, 5) is 11.3. The van der Waals surface area contributed by atoms with Gasteiger partial charge in [-0.15, -0.1) is 11.3 Å². The molecule has 1 nitrogen and oxygen atoms in total. The molecule has 1 heterocycles. The Morgan fingerprint density at radius 2 is 2.42 bits per heavy atom. The number of rotatable bonds is 2. The van der Waals surface area contributed by atoms with Gasteiger partial charge in [-0.25, -0.2) is 0 Å². The lowest BCUT2D eigenvalue weighted by Crippen LogP contribution is -1.72. The zero-order chi connectivity index (χ0) is 9.14. The van der Waals surface area contributed by atoms with E-state index in [2.05, 4.69) is 15.9 Å². The number of aldehydes is 1. The summed E-state index contributed by atoms with van der Waals surface area (Å²) in [6.45, 7) is 1.76. The second-order valence-corrected chi connectivity index (χ2v) is 4.82. The summed E-state index contributed by atoms with van der Waals surface area (Å²) >= 11 is 10.5. The molecule has 1 aromatic rings. The van der Waals surface area contributed by atoms with Crippen LogP contribution in [0.15, 0.2) is 16.1 Å². The third kappa shape index (κ3) is 2.44. The molecule has 0 atom stereocenters. The van der Waals surface area contributed by atoms with E-state index in [9.17, 15) is 4.79 Å². The van der Waals surface area contributed by atoms with Gasteiger partial charge in [0, 0.05) is 9.35 Å². The van der Waals surface area contributed by atoms with Crippen LogP contribution in [0.1, 0.15) is 11.8 Å². The van der Waals surface area contributed by atoms with E-state index in [0.717, 1.165) is 15.6 Å². The Hall–Kier alpha value is -0.120. The van der Waals surface area contributed by atoms with Crippen LogP contribution in [0.25, 0.3) is 6.08 Å². The molecule has 1 aromatic heterocycles. The first-order chi connectivity index (χ1) is 5.63. The Labute approximate surface area is 88.2 Å². The largest absolute Gasteiger partial charge is 0.298 e. The Kier molecular flexibility index (Phi) is 3.50. The lowest BCUT2D eigenvalue weighted by Gasteiger charge is -1.84. The first kappa shape index (κ1) is 9.96. The topological polar surface area (TPSA) is 17.1 Å². The fourth-order valence-electron chi connectivity index (χ4n) is 0.693. The number of halogens is 2. The van der Waals surface area contributed by atoms with E-state index in [1.165, 1.54) is 11.3 Å². The maximum atomic E-state index is 10.3. The molecule has 0 spiro atoms. The Morgan fingerprint density at radius 1 is 1.75 bits per heavy atom. The lowest BCUT2D eigenvalue weighted by atomic mass is 10.3. The van der Waals surface area contributed by atoms with Crippen LogP contribution in [0.2, 0.25) is 4.34 Å². The van der Waals surface area contributed by atoms with Gasteiger partial charge in [0.1, 0.15) is 10.6 Å². The number of hydrogen-bond acceptors (Lipinski definition) is 2. The van der Waals surface area contributed by atoms with Crippen LogP contribution in [-0.4, -0.2) is 6.29 Å². The van der Waals surface area contributed by atoms with Crippen LogP contribution < -0.4 is 0 Å². The Balaban J connectivity index is 2.97. The third-order valence-electron chi connectivity index (χ3n) is 1.22. The van der Waals surface area contributed by atoms with Crippen LogP contribution in [-0.2, 0) is 4.79 Å². The number of allylic oxidation sites excluding steroid dienone is 1. The van der Waals surface area contributed by atoms with Crippen molar-refractivity contribution in [3.05, 3.63) is 25.3 Å². The molecule has 64 valence electrons. The normalized spacial score (nSPS) is 11.8. The van der Waals surface area contributed by atoms with Crippen molar-refractivity contribution in [1.29, 1.82) is 0 Å². The SMILES string of the molecule is CC(C=O)=Cc1cc(Br)c(Cl)s1. The van der Waals surface area contributed by atoms with Crippen LogP contribution in [0.3, 0.4) is 0 Å². The van der Waals surface area contributed by atoms with Gasteiger partial charge in [-0.1, -0.05) is 11.6 Å². The van der Waals surface area contributed by atoms with Gasteiger partial charge in [0.25, 0.3) is 0 Å². The molecule has 0 unspecified atom stereocenters. The Morgan fingerprint density at radius 3 is 2.83 bits per heavy atom. The molecule has 0 N–H and O–H groups in total. The second kappa shape index (κ2) is 4.21. The molecule has 0 saturated heterocycles. The number of carbonyl (C=O) groups excluding carboxylic acids is 1. The smallest absolute Gasteiger partial charge is 0.145 e. The van der Waals surface area contributed by atoms with Gasteiger partial charge in [-0.2, -0.15) is 0 Å². The molecule has 0 aromatic carbocycles. The van der Waals surface area contributed by atoms with Gasteiger partial charge in [-0.05, 0) is 40.6 Å². The van der Waals surface area contributed by atoms with E-state index in [1.807, 2.05) is 6.07 Å². The second-order valence-electron chi connectivity index (χ2n) is 2.28. The van der Waals surface area contributed by atoms with Crippen molar-refractivity contribution in [3.63, 3.8) is 0 Å². The van der Waals surface area contributed by atoms with Crippen molar-refractivity contribution < 1.29 is 4.79 Å². The highest BCUT2D eigenvalue weighted by Crippen LogP contribution is 2.32. The average Bonchev–Trinajstić information content (AvgIpc) is 2.31. The molecule has 12 heavy (non-hydrogen) atoms. The van der Waals surface area contributed by atoms with Crippen molar-refractivity contribution in [2.45, 2.75) is 6.92 Å². The molecule has 0 aliphatic heterocycles. The maximum absolute atomic E-state index is 10.3. The predicted molar refractivity (Wildman–Crippen MR) is 56.7 cm³/mol. The van der Waals surface area contributed by atoms with E-state index < -0.39 is 0 Å². The minimum atomic E-state index is 0.695. The quantitative estimate of drug-likeness (QED) is 0.588. The molecule has 0 fully saturated rings. The highest BCUT2D eigenvalue weighted by Gasteiger charge is 2.01. The standard InChI is InChI=1S/C8H6BrClOS/c1-5(4-11)2-6-3-7(9)8(10)12-6/h2-4H,1H3. The molecule has 1 rings (SSSR count). The van der Waals surface area contributed by atoms with Crippen molar-refractivity contribution in [1.82, 2.24) is 0 Å². The summed E-state index contributed by atoms with van der Waals surface area (Å²) < 4.78 is 1.58. The molecule has 0 aliphatic carbocycles. The molecular formula is C8H6BrClOS. The zero-order valence-corrected chi connectivity index (χ0v) is 9.46. The molecule has 0 saturated carbocycles. The minimum absolute atomic E-state index is 0.695. The van der Waals surface area contributed by atoms with Crippen LogP contribution in [0.4, 0.5) is 0 Å². The minimum Gasteiger partial charge on any atom is -0.298 e. The van der Waals surface area contributed by atoms with Crippen LogP contribution >= 0.6 is 38.9 Å². The van der Waals surface area contributed by atoms with Crippen molar-refractivity contribution >= 4 is 51.2 Å². The number of hydrogen-bond donors (Lipinski definition) is 0. The molecule has 0 amide bonds. The van der Waals surface area contributed by atoms with Gasteiger partial charge < -0.3 is 0 Å². The average molecular weight is 266 g/mol. The summed E-state index contributed by atoms with van der Waals surface area (Å²) in [5.74, 6) is 0. The van der Waals surface area contributed by atoms with Crippen molar-refractivity contribution in [3.8, 4) is 0 Å². The molecule has 0 aliphatic rings. The molecule has 0 bridgehead atoms. The molecule has 0 radical (unpaired) electrons. The van der Waals surface area contributed by atoms with Crippen LogP contribution in [0.5, 0.6) is 0 Å². The van der Waals surface area contributed by atoms with E-state index in [0.29, 0.717) is 9.91 Å². The zero-order valence-electron chi connectivity index (χ0n) is 6.30. The van der Waals surface area contributed by atoms with E-state index in [4.69, 9.17) is 11.6 Å². The predicted octanol–water partition coefficient (Wildman–Crippen LogP) is 3.77. The lowest BCUT2D eigenvalue weighted by molar-refractivity contribution is -0.104. The van der Waals surface area contributed by atoms with Gasteiger partial charge in [-0.3, -0.25) is 4.79 Å². The monoisotopic (exact) mass is 264 g/mol. The summed E-state index contributed by atoms with van der Waals surface area (Å²) in [6, 6.07) is 1.89. The van der Waals surface area contributed by atoms with Crippen molar-refractivity contribution in [2.75, 3.05) is 0 Å². The van der Waals surface area contributed by atoms with Gasteiger partial charge in [0.2, 0.25) is 0 Å². The van der Waals surface area contributed by atoms with Crippen LogP contribution in [0, 0.1) is 0 Å². The van der Waals surface area contributed by atoms with E-state index in [1.54, 1.807) is 13.0 Å². The highest BCUT2D eigenvalue weighted by atomic mass is 79.9. The summed E-state index contributed by atoms with van der Waals surface area (Å²) in [7, 11) is 0. The first-order valence-electron chi connectivity index (χ1n) is 3.22. The Bertz CT molecular complexity index is 310. The summed E-state index contributed by atoms with van der Waals surface area (Å²) in [6.07, 6.45) is 2.62. The van der Waals surface area contributed by atoms with Gasteiger partial charge in [0.05, 0.1) is 0 Å². The van der Waals surface area contributed by atoms with E-state index in [-0.39, 0.29) is 0 Å². The summed E-state index contributed by atoms with van der Waals surface area (Å²) in [5.41, 5.74) is 0.695. The highest BCUT2D eigenvalue weighted by molar-refractivity contribution is 9.10. The third-order valence-corrected chi connectivity index (χ3v) is 3.64. The fourth-order valence-corrected chi connectivity index (χ4v) is 2.44. The van der Waals surface area contributed by atoms with Crippen molar-refractivity contribution in [2.24, 2.45) is 0 Å². The van der Waals surface area contributed by atoms with Gasteiger partial charge >= 0.3 is 0 Å². The summed E-state index contributed by atoms with van der Waals surface area (Å²) in [5, 5.41) is 0. The molecule has 4 heteroatoms. The number of carbonyl (C=O) groups is 1. The fraction of sp³-hybridized carbons (Fsp3) is 0.125.